The fourth-order valence-corrected chi connectivity index (χ4v) is 4.60. The molecule has 1 aliphatic heterocycles. The molecule has 0 bridgehead atoms. The minimum atomic E-state index is -3.50. The third kappa shape index (κ3) is 5.05. The van der Waals surface area contributed by atoms with E-state index in [1.165, 1.54) is 6.07 Å². The molecule has 0 saturated carbocycles. The monoisotopic (exact) mass is 494 g/mol. The summed E-state index contributed by atoms with van der Waals surface area (Å²) in [6.07, 6.45) is 4.96. The smallest absolute Gasteiger partial charge is 0.344 e. The molecule has 1 N–H and O–H groups in total. The van der Waals surface area contributed by atoms with E-state index in [9.17, 15) is 18.0 Å². The summed E-state index contributed by atoms with van der Waals surface area (Å²) in [6.45, 7) is 6.08. The van der Waals surface area contributed by atoms with Crippen LogP contribution in [0.15, 0.2) is 56.7 Å². The Bertz CT molecular complexity index is 1570. The van der Waals surface area contributed by atoms with Gasteiger partial charge in [0, 0.05) is 29.5 Å². The highest BCUT2D eigenvalue weighted by molar-refractivity contribution is 7.92. The van der Waals surface area contributed by atoms with E-state index in [1.807, 2.05) is 32.9 Å². The van der Waals surface area contributed by atoms with Crippen molar-refractivity contribution >= 4 is 44.2 Å². The summed E-state index contributed by atoms with van der Waals surface area (Å²) in [5, 5.41) is 0.797. The highest BCUT2D eigenvalue weighted by atomic mass is 32.2. The van der Waals surface area contributed by atoms with Crippen molar-refractivity contribution in [3.05, 3.63) is 64.0 Å². The highest BCUT2D eigenvalue weighted by Crippen LogP contribution is 2.42. The molecular weight excluding hydrogens is 468 g/mol. The molecule has 3 aromatic rings. The summed E-state index contributed by atoms with van der Waals surface area (Å²) in [7, 11) is -1.95. The Kier molecular flexibility index (Phi) is 6.14. The molecule has 0 atom stereocenters. The molecule has 1 amide bonds. The number of rotatable bonds is 5. The third-order valence-corrected chi connectivity index (χ3v) is 6.22. The first kappa shape index (κ1) is 24.4. The number of hydrogen-bond acceptors (Lipinski definition) is 6. The molecular formula is C26H26N2O6S. The predicted molar refractivity (Wildman–Crippen MR) is 138 cm³/mol. The molecule has 0 unspecified atom stereocenters. The highest BCUT2D eigenvalue weighted by Gasteiger charge is 2.26. The van der Waals surface area contributed by atoms with Crippen molar-refractivity contribution in [3.63, 3.8) is 0 Å². The van der Waals surface area contributed by atoms with Gasteiger partial charge in [-0.15, -0.1) is 0 Å². The molecule has 182 valence electrons. The number of benzene rings is 2. The first-order valence-corrected chi connectivity index (χ1v) is 12.8. The van der Waals surface area contributed by atoms with Crippen LogP contribution in [0.25, 0.3) is 27.7 Å². The van der Waals surface area contributed by atoms with Crippen molar-refractivity contribution in [2.75, 3.05) is 18.1 Å². The molecule has 0 aliphatic carbocycles. The normalized spacial score (nSPS) is 14.2. The summed E-state index contributed by atoms with van der Waals surface area (Å²) in [4.78, 5) is 29.4. The number of anilines is 1. The molecule has 0 saturated heterocycles. The summed E-state index contributed by atoms with van der Waals surface area (Å²) in [5.74, 6) is 0.465. The van der Waals surface area contributed by atoms with Gasteiger partial charge in [0.05, 0.1) is 24.3 Å². The van der Waals surface area contributed by atoms with E-state index in [4.69, 9.17) is 9.15 Å². The van der Waals surface area contributed by atoms with Gasteiger partial charge < -0.3 is 9.15 Å². The zero-order chi connectivity index (χ0) is 25.5. The van der Waals surface area contributed by atoms with Crippen LogP contribution >= 0.6 is 0 Å². The lowest BCUT2D eigenvalue weighted by molar-refractivity contribution is -0.112. The predicted octanol–water partition coefficient (Wildman–Crippen LogP) is 4.52. The average Bonchev–Trinajstić information content (AvgIpc) is 2.77. The van der Waals surface area contributed by atoms with Gasteiger partial charge in [0.1, 0.15) is 11.5 Å². The fraction of sp³-hybridized carbons (Fsp3) is 0.269. The maximum absolute atomic E-state index is 12.9. The number of carbonyl (C=O) groups excluding carboxylic acids is 1. The van der Waals surface area contributed by atoms with E-state index in [0.29, 0.717) is 34.3 Å². The van der Waals surface area contributed by atoms with Crippen molar-refractivity contribution in [3.8, 4) is 17.1 Å². The second kappa shape index (κ2) is 8.81. The van der Waals surface area contributed by atoms with Gasteiger partial charge >= 0.3 is 5.63 Å². The number of amides is 1. The summed E-state index contributed by atoms with van der Waals surface area (Å²) < 4.78 is 37.0. The Morgan fingerprint density at radius 2 is 1.83 bits per heavy atom. The van der Waals surface area contributed by atoms with Gasteiger partial charge in [-0.05, 0) is 46.7 Å². The maximum Gasteiger partial charge on any atom is 0.344 e. The largest absolute Gasteiger partial charge is 0.496 e. The molecule has 0 spiro atoms. The lowest BCUT2D eigenvalue weighted by Gasteiger charge is -2.25. The van der Waals surface area contributed by atoms with Crippen molar-refractivity contribution in [2.45, 2.75) is 32.6 Å². The second-order valence-corrected chi connectivity index (χ2v) is 11.1. The standard InChI is InChI=1S/C26H26N2O6S/c1-26(2,3)21-12-16(18-7-6-10-27-24(18)29)11-20(23(21)33-4)22-13-15-8-9-17(28-35(5,31)32)14-19(15)25(30)34-22/h7-14,28H,6H2,1-5H3. The van der Waals surface area contributed by atoms with Gasteiger partial charge in [0.25, 0.3) is 5.91 Å². The molecule has 4 rings (SSSR count). The minimum absolute atomic E-state index is 0.230. The van der Waals surface area contributed by atoms with Crippen molar-refractivity contribution in [1.29, 1.82) is 0 Å². The molecule has 2 heterocycles. The van der Waals surface area contributed by atoms with Crippen LogP contribution in [0, 0.1) is 0 Å². The number of carbonyl (C=O) groups is 1. The van der Waals surface area contributed by atoms with Crippen LogP contribution in [0.3, 0.4) is 0 Å². The SMILES string of the molecule is COc1c(-c2cc3ccc(NS(C)(=O)=O)cc3c(=O)o2)cc(C2=CCC=NC2=O)cc1C(C)(C)C. The number of fused-ring (bicyclic) bond motifs is 1. The lowest BCUT2D eigenvalue weighted by Crippen LogP contribution is -2.15. The first-order valence-electron chi connectivity index (χ1n) is 10.9. The van der Waals surface area contributed by atoms with Crippen molar-refractivity contribution in [2.24, 2.45) is 4.99 Å². The van der Waals surface area contributed by atoms with Gasteiger partial charge in [-0.3, -0.25) is 9.52 Å². The van der Waals surface area contributed by atoms with Crippen LogP contribution < -0.4 is 15.1 Å². The number of nitrogens with one attached hydrogen (secondary N) is 1. The van der Waals surface area contributed by atoms with Gasteiger partial charge in [0.2, 0.25) is 10.0 Å². The number of allylic oxidation sites excluding steroid dienone is 1. The second-order valence-electron chi connectivity index (χ2n) is 9.40. The van der Waals surface area contributed by atoms with Crippen LogP contribution in [-0.4, -0.2) is 33.9 Å². The van der Waals surface area contributed by atoms with Gasteiger partial charge in [0.15, 0.2) is 0 Å². The van der Waals surface area contributed by atoms with Crippen LogP contribution in [0.4, 0.5) is 5.69 Å². The first-order chi connectivity index (χ1) is 16.4. The molecule has 0 radical (unpaired) electrons. The number of nitrogens with zero attached hydrogens (tertiary/aromatic N) is 1. The van der Waals surface area contributed by atoms with Crippen molar-refractivity contribution < 1.29 is 22.4 Å². The van der Waals surface area contributed by atoms with Gasteiger partial charge in [-0.1, -0.05) is 32.9 Å². The number of dihydropyridines is 1. The van der Waals surface area contributed by atoms with Crippen molar-refractivity contribution in [1.82, 2.24) is 0 Å². The Morgan fingerprint density at radius 3 is 2.46 bits per heavy atom. The van der Waals surface area contributed by atoms with Gasteiger partial charge in [-0.25, -0.2) is 18.2 Å². The molecule has 35 heavy (non-hydrogen) atoms. The number of hydrogen-bond donors (Lipinski definition) is 1. The molecule has 1 aliphatic rings. The average molecular weight is 495 g/mol. The van der Waals surface area contributed by atoms with E-state index >= 15 is 0 Å². The van der Waals surface area contributed by atoms with E-state index < -0.39 is 15.6 Å². The Labute approximate surface area is 203 Å². The van der Waals surface area contributed by atoms with Crippen LogP contribution in [-0.2, 0) is 20.2 Å². The maximum atomic E-state index is 12.9. The minimum Gasteiger partial charge on any atom is -0.496 e. The Hall–Kier alpha value is -3.72. The topological polar surface area (TPSA) is 115 Å². The Balaban J connectivity index is 1.95. The number of sulfonamides is 1. The summed E-state index contributed by atoms with van der Waals surface area (Å²) >= 11 is 0. The van der Waals surface area contributed by atoms with E-state index in [2.05, 4.69) is 9.71 Å². The van der Waals surface area contributed by atoms with E-state index in [1.54, 1.807) is 37.6 Å². The zero-order valence-electron chi connectivity index (χ0n) is 20.1. The lowest BCUT2D eigenvalue weighted by atomic mass is 9.82. The summed E-state index contributed by atoms with van der Waals surface area (Å²) in [5.41, 5.74) is 1.78. The Morgan fingerprint density at radius 1 is 1.09 bits per heavy atom. The zero-order valence-corrected chi connectivity index (χ0v) is 20.9. The number of aliphatic imine (C=N–C) groups is 1. The summed E-state index contributed by atoms with van der Waals surface area (Å²) in [6, 6.07) is 10.0. The molecule has 8 nitrogen and oxygen atoms in total. The number of ether oxygens (including phenoxy) is 1. The fourth-order valence-electron chi connectivity index (χ4n) is 4.04. The molecule has 0 fully saturated rings. The van der Waals surface area contributed by atoms with Crippen LogP contribution in [0.5, 0.6) is 5.75 Å². The van der Waals surface area contributed by atoms with E-state index in [-0.39, 0.29) is 28.2 Å². The quantitative estimate of drug-likeness (QED) is 0.558. The van der Waals surface area contributed by atoms with Crippen LogP contribution in [0.1, 0.15) is 38.3 Å². The molecule has 9 heteroatoms. The van der Waals surface area contributed by atoms with Gasteiger partial charge in [-0.2, -0.15) is 0 Å². The number of methoxy groups -OCH3 is 1. The molecule has 2 aromatic carbocycles. The third-order valence-electron chi connectivity index (χ3n) is 5.61. The van der Waals surface area contributed by atoms with Crippen LogP contribution in [0.2, 0.25) is 0 Å². The molecule has 1 aromatic heterocycles. The van der Waals surface area contributed by atoms with E-state index in [0.717, 1.165) is 11.8 Å².